The summed E-state index contributed by atoms with van der Waals surface area (Å²) < 4.78 is 15.6. The van der Waals surface area contributed by atoms with Gasteiger partial charge in [-0.15, -0.1) is 0 Å². The molecule has 0 aliphatic heterocycles. The predicted octanol–water partition coefficient (Wildman–Crippen LogP) is 2.74. The molecule has 0 saturated heterocycles. The highest BCUT2D eigenvalue weighted by Crippen LogP contribution is 2.27. The number of halogens is 1. The molecule has 0 aliphatic rings. The third-order valence-corrected chi connectivity index (χ3v) is 3.87. The largest absolute Gasteiger partial charge is 0.383 e. The van der Waals surface area contributed by atoms with E-state index in [9.17, 15) is 9.50 Å². The topological polar surface area (TPSA) is 63.0 Å². The quantitative estimate of drug-likeness (QED) is 0.777. The lowest BCUT2D eigenvalue weighted by molar-refractivity contribution is 0.0715. The standard InChI is InChI=1S/C17H19FN4O/c1-11-7-15(13-5-4-6-14(18)16(13)21-11)19-10-17(2,23)12-8-20-22(3)9-12/h4-9,23H,10H2,1-3H3,(H,19,21). The molecule has 5 nitrogen and oxygen atoms in total. The summed E-state index contributed by atoms with van der Waals surface area (Å²) in [6.07, 6.45) is 3.41. The number of aryl methyl sites for hydroxylation is 2. The van der Waals surface area contributed by atoms with Crippen LogP contribution in [0.2, 0.25) is 0 Å². The van der Waals surface area contributed by atoms with Crippen molar-refractivity contribution in [3.8, 4) is 0 Å². The number of fused-ring (bicyclic) bond motifs is 1. The van der Waals surface area contributed by atoms with Crippen molar-refractivity contribution in [3.63, 3.8) is 0 Å². The molecular weight excluding hydrogens is 295 g/mol. The number of anilines is 1. The number of nitrogens with one attached hydrogen (secondary N) is 1. The predicted molar refractivity (Wildman–Crippen MR) is 87.7 cm³/mol. The second kappa shape index (κ2) is 5.62. The number of rotatable bonds is 4. The van der Waals surface area contributed by atoms with Crippen molar-refractivity contribution >= 4 is 16.6 Å². The fourth-order valence-corrected chi connectivity index (χ4v) is 2.56. The average molecular weight is 314 g/mol. The van der Waals surface area contributed by atoms with E-state index >= 15 is 0 Å². The van der Waals surface area contributed by atoms with Crippen molar-refractivity contribution in [2.75, 3.05) is 11.9 Å². The molecule has 6 heteroatoms. The van der Waals surface area contributed by atoms with Crippen molar-refractivity contribution in [2.24, 2.45) is 7.05 Å². The Labute approximate surface area is 133 Å². The zero-order chi connectivity index (χ0) is 16.6. The number of aliphatic hydroxyl groups is 1. The Kier molecular flexibility index (Phi) is 3.77. The number of hydrogen-bond donors (Lipinski definition) is 2. The normalized spacial score (nSPS) is 14.0. The lowest BCUT2D eigenvalue weighted by atomic mass is 9.99. The van der Waals surface area contributed by atoms with Crippen LogP contribution < -0.4 is 5.32 Å². The van der Waals surface area contributed by atoms with Crippen LogP contribution in [0.4, 0.5) is 10.1 Å². The Hall–Kier alpha value is -2.47. The van der Waals surface area contributed by atoms with Crippen LogP contribution in [0, 0.1) is 12.7 Å². The van der Waals surface area contributed by atoms with Crippen LogP contribution in [0.1, 0.15) is 18.2 Å². The van der Waals surface area contributed by atoms with E-state index in [0.717, 1.165) is 5.69 Å². The molecule has 0 aliphatic carbocycles. The Morgan fingerprint density at radius 3 is 2.87 bits per heavy atom. The SMILES string of the molecule is Cc1cc(NCC(C)(O)c2cnn(C)c2)c2cccc(F)c2n1. The minimum absolute atomic E-state index is 0.272. The van der Waals surface area contributed by atoms with Gasteiger partial charge < -0.3 is 10.4 Å². The van der Waals surface area contributed by atoms with Crippen molar-refractivity contribution in [3.05, 3.63) is 53.7 Å². The van der Waals surface area contributed by atoms with Crippen LogP contribution in [-0.2, 0) is 12.6 Å². The Balaban J connectivity index is 1.91. The summed E-state index contributed by atoms with van der Waals surface area (Å²) in [6.45, 7) is 3.80. The molecule has 1 atom stereocenters. The maximum absolute atomic E-state index is 13.9. The molecule has 0 bridgehead atoms. The molecule has 0 amide bonds. The van der Waals surface area contributed by atoms with Gasteiger partial charge in [-0.1, -0.05) is 12.1 Å². The molecule has 0 spiro atoms. The highest BCUT2D eigenvalue weighted by molar-refractivity contribution is 5.91. The zero-order valence-electron chi connectivity index (χ0n) is 13.3. The minimum Gasteiger partial charge on any atom is -0.383 e. The summed E-state index contributed by atoms with van der Waals surface area (Å²) in [5.41, 5.74) is 1.41. The van der Waals surface area contributed by atoms with Crippen LogP contribution in [0.5, 0.6) is 0 Å². The molecule has 3 rings (SSSR count). The first-order chi connectivity index (χ1) is 10.9. The van der Waals surface area contributed by atoms with Gasteiger partial charge in [0.25, 0.3) is 0 Å². The number of aromatic nitrogens is 3. The summed E-state index contributed by atoms with van der Waals surface area (Å²) in [4.78, 5) is 4.25. The minimum atomic E-state index is -1.09. The molecule has 2 aromatic heterocycles. The van der Waals surface area contributed by atoms with Crippen LogP contribution >= 0.6 is 0 Å². The van der Waals surface area contributed by atoms with Crippen LogP contribution in [0.25, 0.3) is 10.9 Å². The van der Waals surface area contributed by atoms with Gasteiger partial charge in [0.1, 0.15) is 16.9 Å². The highest BCUT2D eigenvalue weighted by atomic mass is 19.1. The van der Waals surface area contributed by atoms with Gasteiger partial charge in [0, 0.05) is 42.1 Å². The van der Waals surface area contributed by atoms with Gasteiger partial charge in [0.15, 0.2) is 0 Å². The van der Waals surface area contributed by atoms with E-state index in [2.05, 4.69) is 15.4 Å². The third kappa shape index (κ3) is 3.03. The van der Waals surface area contributed by atoms with E-state index in [1.807, 2.05) is 19.1 Å². The number of hydrogen-bond acceptors (Lipinski definition) is 4. The maximum Gasteiger partial charge on any atom is 0.149 e. The van der Waals surface area contributed by atoms with Crippen molar-refractivity contribution in [1.29, 1.82) is 0 Å². The average Bonchev–Trinajstić information content (AvgIpc) is 2.93. The third-order valence-electron chi connectivity index (χ3n) is 3.87. The summed E-state index contributed by atoms with van der Waals surface area (Å²) in [5.74, 6) is -0.353. The Morgan fingerprint density at radius 2 is 2.17 bits per heavy atom. The van der Waals surface area contributed by atoms with Gasteiger partial charge in [-0.3, -0.25) is 4.68 Å². The van der Waals surface area contributed by atoms with Gasteiger partial charge in [-0.05, 0) is 26.0 Å². The fourth-order valence-electron chi connectivity index (χ4n) is 2.56. The zero-order valence-corrected chi connectivity index (χ0v) is 13.3. The van der Waals surface area contributed by atoms with Crippen molar-refractivity contribution in [2.45, 2.75) is 19.4 Å². The number of pyridine rings is 1. The molecule has 1 unspecified atom stereocenters. The van der Waals surface area contributed by atoms with E-state index in [1.165, 1.54) is 6.07 Å². The molecule has 2 heterocycles. The van der Waals surface area contributed by atoms with E-state index < -0.39 is 5.60 Å². The first-order valence-electron chi connectivity index (χ1n) is 7.38. The van der Waals surface area contributed by atoms with Gasteiger partial charge in [-0.2, -0.15) is 5.10 Å². The van der Waals surface area contributed by atoms with Crippen molar-refractivity contribution < 1.29 is 9.50 Å². The molecule has 120 valence electrons. The smallest absolute Gasteiger partial charge is 0.149 e. The summed E-state index contributed by atoms with van der Waals surface area (Å²) in [6, 6.07) is 6.70. The van der Waals surface area contributed by atoms with Crippen LogP contribution in [0.3, 0.4) is 0 Å². The van der Waals surface area contributed by atoms with E-state index in [1.54, 1.807) is 37.1 Å². The summed E-state index contributed by atoms with van der Waals surface area (Å²) in [5, 5.41) is 18.6. The van der Waals surface area contributed by atoms with Crippen LogP contribution in [-0.4, -0.2) is 26.4 Å². The van der Waals surface area contributed by atoms with E-state index in [-0.39, 0.29) is 12.4 Å². The molecule has 0 radical (unpaired) electrons. The molecular formula is C17H19FN4O. The first-order valence-corrected chi connectivity index (χ1v) is 7.38. The first kappa shape index (κ1) is 15.4. The molecule has 0 fully saturated rings. The van der Waals surface area contributed by atoms with Gasteiger partial charge in [0.2, 0.25) is 0 Å². The molecule has 3 aromatic rings. The fraction of sp³-hybridized carbons (Fsp3) is 0.294. The summed E-state index contributed by atoms with van der Waals surface area (Å²) in [7, 11) is 1.80. The summed E-state index contributed by atoms with van der Waals surface area (Å²) >= 11 is 0. The lowest BCUT2D eigenvalue weighted by Gasteiger charge is -2.23. The number of nitrogens with zero attached hydrogens (tertiary/aromatic N) is 3. The molecule has 23 heavy (non-hydrogen) atoms. The number of benzene rings is 1. The Bertz CT molecular complexity index is 857. The highest BCUT2D eigenvalue weighted by Gasteiger charge is 2.25. The molecule has 2 N–H and O–H groups in total. The molecule has 1 aromatic carbocycles. The second-order valence-corrected chi connectivity index (χ2v) is 5.98. The second-order valence-electron chi connectivity index (χ2n) is 5.98. The lowest BCUT2D eigenvalue weighted by Crippen LogP contribution is -2.30. The number of para-hydroxylation sites is 1. The van der Waals surface area contributed by atoms with Crippen molar-refractivity contribution in [1.82, 2.24) is 14.8 Å². The Morgan fingerprint density at radius 1 is 1.39 bits per heavy atom. The van der Waals surface area contributed by atoms with Crippen LogP contribution in [0.15, 0.2) is 36.7 Å². The van der Waals surface area contributed by atoms with Gasteiger partial charge in [0.05, 0.1) is 6.20 Å². The van der Waals surface area contributed by atoms with Gasteiger partial charge >= 0.3 is 0 Å². The molecule has 0 saturated carbocycles. The van der Waals surface area contributed by atoms with E-state index in [4.69, 9.17) is 0 Å². The van der Waals surface area contributed by atoms with Gasteiger partial charge in [-0.25, -0.2) is 9.37 Å². The van der Waals surface area contributed by atoms with E-state index in [0.29, 0.717) is 22.2 Å². The monoisotopic (exact) mass is 314 g/mol. The maximum atomic E-state index is 13.9.